The molecule has 0 unspecified atom stereocenters. The number of Topliss-reactive ketones (excluding diaryl/α,β-unsaturated/α-hetero) is 1. The van der Waals surface area contributed by atoms with E-state index >= 15 is 0 Å². The normalized spacial score (nSPS) is 13.3. The third-order valence-corrected chi connectivity index (χ3v) is 5.02. The number of ether oxygens (including phenoxy) is 2. The largest absolute Gasteiger partial charge is 0.465 e. The second-order valence-corrected chi connectivity index (χ2v) is 6.98. The van der Waals surface area contributed by atoms with E-state index in [9.17, 15) is 18.8 Å². The van der Waals surface area contributed by atoms with Gasteiger partial charge in [-0.1, -0.05) is 6.07 Å². The first-order valence-corrected chi connectivity index (χ1v) is 9.02. The van der Waals surface area contributed by atoms with Gasteiger partial charge in [0, 0.05) is 17.4 Å². The van der Waals surface area contributed by atoms with Crippen molar-refractivity contribution in [3.05, 3.63) is 57.7 Å². The number of aromatic nitrogens is 1. The van der Waals surface area contributed by atoms with Gasteiger partial charge in [0.25, 0.3) is 0 Å². The summed E-state index contributed by atoms with van der Waals surface area (Å²) in [6.45, 7) is 4.57. The maximum absolute atomic E-state index is 13.6. The molecule has 0 N–H and O–H groups in total. The van der Waals surface area contributed by atoms with Crippen molar-refractivity contribution in [3.63, 3.8) is 0 Å². The van der Waals surface area contributed by atoms with Gasteiger partial charge in [0.1, 0.15) is 5.82 Å². The zero-order chi connectivity index (χ0) is 20.6. The van der Waals surface area contributed by atoms with E-state index in [1.807, 2.05) is 4.57 Å². The van der Waals surface area contributed by atoms with Crippen molar-refractivity contribution in [3.8, 4) is 0 Å². The maximum atomic E-state index is 13.6. The molecule has 1 aromatic carbocycles. The van der Waals surface area contributed by atoms with E-state index in [-0.39, 0.29) is 22.7 Å². The molecular formula is C21H22FNO5. The van der Waals surface area contributed by atoms with Gasteiger partial charge in [-0.2, -0.15) is 0 Å². The summed E-state index contributed by atoms with van der Waals surface area (Å²) in [5, 5.41) is 0. The average molecular weight is 387 g/mol. The number of esters is 2. The monoisotopic (exact) mass is 387 g/mol. The summed E-state index contributed by atoms with van der Waals surface area (Å²) in [6.07, 6.45) is 1.97. The Bertz CT molecular complexity index is 972. The SMILES string of the molecule is COC(=O)c1c(C(=O)COC(=O)c2ccc(C)c(F)c2)c(C)n(C2CC2)c1C. The van der Waals surface area contributed by atoms with Crippen molar-refractivity contribution >= 4 is 17.7 Å². The number of nitrogens with zero attached hydrogens (tertiary/aromatic N) is 1. The molecule has 6 nitrogen and oxygen atoms in total. The second-order valence-electron chi connectivity index (χ2n) is 6.98. The molecule has 0 saturated heterocycles. The third-order valence-electron chi connectivity index (χ3n) is 5.02. The van der Waals surface area contributed by atoms with E-state index in [0.717, 1.165) is 18.9 Å². The first-order chi connectivity index (χ1) is 13.3. The lowest BCUT2D eigenvalue weighted by molar-refractivity contribution is 0.0473. The van der Waals surface area contributed by atoms with E-state index < -0.39 is 30.1 Å². The Kier molecular flexibility index (Phi) is 5.36. The molecule has 0 spiro atoms. The Morgan fingerprint density at radius 1 is 1.07 bits per heavy atom. The Balaban J connectivity index is 1.84. The molecule has 1 aliphatic rings. The minimum Gasteiger partial charge on any atom is -0.465 e. The standard InChI is InChI=1S/C21H22FNO5/c1-11-5-6-14(9-16(11)22)20(25)28-10-17(24)18-12(2)23(15-7-8-15)13(3)19(18)21(26)27-4/h5-6,9,15H,7-8,10H2,1-4H3. The Labute approximate surface area is 162 Å². The fraction of sp³-hybridized carbons (Fsp3) is 0.381. The molecule has 1 aromatic heterocycles. The molecule has 0 atom stereocenters. The van der Waals surface area contributed by atoms with E-state index in [1.165, 1.54) is 19.2 Å². The van der Waals surface area contributed by atoms with Gasteiger partial charge in [-0.05, 0) is 51.3 Å². The number of aryl methyl sites for hydroxylation is 1. The van der Waals surface area contributed by atoms with E-state index in [0.29, 0.717) is 17.0 Å². The van der Waals surface area contributed by atoms with Crippen LogP contribution in [0.5, 0.6) is 0 Å². The average Bonchev–Trinajstić information content (AvgIpc) is 3.46. The van der Waals surface area contributed by atoms with Gasteiger partial charge < -0.3 is 14.0 Å². The van der Waals surface area contributed by atoms with Crippen LogP contribution in [0.25, 0.3) is 0 Å². The second kappa shape index (κ2) is 7.58. The van der Waals surface area contributed by atoms with Crippen molar-refractivity contribution in [1.82, 2.24) is 4.57 Å². The summed E-state index contributed by atoms with van der Waals surface area (Å²) in [7, 11) is 1.26. The van der Waals surface area contributed by atoms with Crippen molar-refractivity contribution in [2.45, 2.75) is 39.7 Å². The number of hydrogen-bond acceptors (Lipinski definition) is 5. The minimum atomic E-state index is -0.803. The van der Waals surface area contributed by atoms with Crippen LogP contribution in [0.4, 0.5) is 4.39 Å². The predicted octanol–water partition coefficient (Wildman–Crippen LogP) is 3.71. The molecule has 28 heavy (non-hydrogen) atoms. The van der Waals surface area contributed by atoms with Gasteiger partial charge in [0.05, 0.1) is 23.8 Å². The van der Waals surface area contributed by atoms with E-state index in [4.69, 9.17) is 9.47 Å². The molecule has 2 aromatic rings. The third kappa shape index (κ3) is 3.56. The highest BCUT2D eigenvalue weighted by Crippen LogP contribution is 2.40. The van der Waals surface area contributed by atoms with Crippen LogP contribution in [0.15, 0.2) is 18.2 Å². The summed E-state index contributed by atoms with van der Waals surface area (Å²) < 4.78 is 25.5. The molecule has 0 radical (unpaired) electrons. The lowest BCUT2D eigenvalue weighted by Gasteiger charge is -2.08. The summed E-state index contributed by atoms with van der Waals surface area (Å²) in [6, 6.07) is 4.24. The van der Waals surface area contributed by atoms with Gasteiger partial charge in [-0.15, -0.1) is 0 Å². The van der Waals surface area contributed by atoms with Crippen LogP contribution in [-0.2, 0) is 9.47 Å². The topological polar surface area (TPSA) is 74.6 Å². The van der Waals surface area contributed by atoms with Crippen LogP contribution in [0.2, 0.25) is 0 Å². The molecule has 1 saturated carbocycles. The number of halogens is 1. The zero-order valence-electron chi connectivity index (χ0n) is 16.3. The summed E-state index contributed by atoms with van der Waals surface area (Å²) in [4.78, 5) is 37.2. The Morgan fingerprint density at radius 2 is 1.71 bits per heavy atom. The first-order valence-electron chi connectivity index (χ1n) is 9.02. The number of rotatable bonds is 6. The molecule has 1 aliphatic carbocycles. The minimum absolute atomic E-state index is 0.0209. The number of ketones is 1. The Morgan fingerprint density at radius 3 is 2.29 bits per heavy atom. The molecule has 148 valence electrons. The molecule has 1 heterocycles. The predicted molar refractivity (Wildman–Crippen MR) is 99.3 cm³/mol. The van der Waals surface area contributed by atoms with Crippen LogP contribution in [-0.4, -0.2) is 36.0 Å². The van der Waals surface area contributed by atoms with Crippen molar-refractivity contribution < 1.29 is 28.2 Å². The van der Waals surface area contributed by atoms with Gasteiger partial charge in [0.2, 0.25) is 5.78 Å². The summed E-state index contributed by atoms with van der Waals surface area (Å²) in [5.41, 5.74) is 2.16. The molecule has 7 heteroatoms. The number of benzene rings is 1. The fourth-order valence-electron chi connectivity index (χ4n) is 3.43. The van der Waals surface area contributed by atoms with E-state index in [1.54, 1.807) is 20.8 Å². The van der Waals surface area contributed by atoms with E-state index in [2.05, 4.69) is 0 Å². The lowest BCUT2D eigenvalue weighted by atomic mass is 10.1. The van der Waals surface area contributed by atoms with Crippen molar-refractivity contribution in [2.75, 3.05) is 13.7 Å². The van der Waals surface area contributed by atoms with Gasteiger partial charge in [-0.3, -0.25) is 4.79 Å². The van der Waals surface area contributed by atoms with Crippen LogP contribution in [0, 0.1) is 26.6 Å². The molecule has 0 bridgehead atoms. The van der Waals surface area contributed by atoms with Gasteiger partial charge >= 0.3 is 11.9 Å². The summed E-state index contributed by atoms with van der Waals surface area (Å²) in [5.74, 6) is -2.43. The smallest absolute Gasteiger partial charge is 0.340 e. The molecule has 3 rings (SSSR count). The highest BCUT2D eigenvalue weighted by Gasteiger charge is 2.34. The van der Waals surface area contributed by atoms with Crippen molar-refractivity contribution in [1.29, 1.82) is 0 Å². The Hall–Kier alpha value is -2.96. The highest BCUT2D eigenvalue weighted by molar-refractivity contribution is 6.09. The quantitative estimate of drug-likeness (QED) is 0.558. The summed E-state index contributed by atoms with van der Waals surface area (Å²) >= 11 is 0. The molecule has 0 aliphatic heterocycles. The molecular weight excluding hydrogens is 365 g/mol. The van der Waals surface area contributed by atoms with Crippen LogP contribution in [0.3, 0.4) is 0 Å². The number of hydrogen-bond donors (Lipinski definition) is 0. The van der Waals surface area contributed by atoms with Gasteiger partial charge in [-0.25, -0.2) is 14.0 Å². The first kappa shape index (κ1) is 19.8. The van der Waals surface area contributed by atoms with Crippen molar-refractivity contribution in [2.24, 2.45) is 0 Å². The molecule has 1 fully saturated rings. The van der Waals surface area contributed by atoms with Crippen LogP contribution >= 0.6 is 0 Å². The van der Waals surface area contributed by atoms with Crippen LogP contribution in [0.1, 0.15) is 66.9 Å². The highest BCUT2D eigenvalue weighted by atomic mass is 19.1. The number of methoxy groups -OCH3 is 1. The zero-order valence-corrected chi connectivity index (χ0v) is 16.3. The fourth-order valence-corrected chi connectivity index (χ4v) is 3.43. The van der Waals surface area contributed by atoms with Gasteiger partial charge in [0.15, 0.2) is 6.61 Å². The number of carbonyl (C=O) groups is 3. The lowest BCUT2D eigenvalue weighted by Crippen LogP contribution is -2.18. The number of carbonyl (C=O) groups excluding carboxylic acids is 3. The maximum Gasteiger partial charge on any atom is 0.340 e. The van der Waals surface area contributed by atoms with Crippen LogP contribution < -0.4 is 0 Å². The molecule has 0 amide bonds.